The minimum absolute atomic E-state index is 0.00906. The number of ether oxygens (including phenoxy) is 1. The Labute approximate surface area is 234 Å². The lowest BCUT2D eigenvalue weighted by atomic mass is 10.1. The lowest BCUT2D eigenvalue weighted by Crippen LogP contribution is -2.44. The van der Waals surface area contributed by atoms with Gasteiger partial charge >= 0.3 is 6.18 Å². The molecule has 0 radical (unpaired) electrons. The number of allylic oxidation sites excluding steroid dienone is 1. The fourth-order valence-electron chi connectivity index (χ4n) is 4.28. The Morgan fingerprint density at radius 3 is 2.37 bits per heavy atom. The van der Waals surface area contributed by atoms with Crippen molar-refractivity contribution in [1.29, 1.82) is 5.41 Å². The van der Waals surface area contributed by atoms with Gasteiger partial charge in [-0.05, 0) is 54.8 Å². The van der Waals surface area contributed by atoms with Crippen molar-refractivity contribution in [1.82, 2.24) is 10.6 Å². The highest BCUT2D eigenvalue weighted by molar-refractivity contribution is 6.08. The molecule has 1 amide bonds. The number of aliphatic imine (C=N–C) groups is 1. The summed E-state index contributed by atoms with van der Waals surface area (Å²) in [6, 6.07) is 17.3. The maximum Gasteiger partial charge on any atom is 0.416 e. The van der Waals surface area contributed by atoms with Crippen LogP contribution in [-0.2, 0) is 12.8 Å². The first-order chi connectivity index (χ1) is 19.6. The SMILES string of the molecule is N=C(/C=C(\N)N/C(=N\C(=O)c1ccc(C(F)(F)F)cc1)NC1CCCC1)c1ccc(OCc2ccccc2)cc1F. The Kier molecular flexibility index (Phi) is 9.38. The van der Waals surface area contributed by atoms with Crippen LogP contribution in [0.4, 0.5) is 17.6 Å². The third-order valence-electron chi connectivity index (χ3n) is 6.41. The fraction of sp³-hybridized carbons (Fsp3) is 0.233. The van der Waals surface area contributed by atoms with Crippen molar-refractivity contribution in [3.63, 3.8) is 0 Å². The average Bonchev–Trinajstić information content (AvgIpc) is 3.45. The summed E-state index contributed by atoms with van der Waals surface area (Å²) in [6.07, 6.45) is 0.283. The minimum Gasteiger partial charge on any atom is -0.489 e. The van der Waals surface area contributed by atoms with Gasteiger partial charge in [0.25, 0.3) is 5.91 Å². The summed E-state index contributed by atoms with van der Waals surface area (Å²) in [7, 11) is 0. The van der Waals surface area contributed by atoms with E-state index in [-0.39, 0.29) is 41.3 Å². The molecule has 7 nitrogen and oxygen atoms in total. The molecule has 5 N–H and O–H groups in total. The zero-order valence-electron chi connectivity index (χ0n) is 22.0. The fourth-order valence-corrected chi connectivity index (χ4v) is 4.28. The molecule has 3 aromatic carbocycles. The molecule has 4 rings (SSSR count). The molecule has 1 fully saturated rings. The smallest absolute Gasteiger partial charge is 0.416 e. The van der Waals surface area contributed by atoms with Gasteiger partial charge < -0.3 is 26.5 Å². The number of nitrogens with one attached hydrogen (secondary N) is 3. The van der Waals surface area contributed by atoms with Crippen molar-refractivity contribution >= 4 is 17.6 Å². The first-order valence-electron chi connectivity index (χ1n) is 12.9. The van der Waals surface area contributed by atoms with E-state index < -0.39 is 23.5 Å². The Hall–Kier alpha value is -4.67. The van der Waals surface area contributed by atoms with Crippen LogP contribution in [0.5, 0.6) is 5.75 Å². The molecule has 1 aliphatic carbocycles. The molecule has 0 aliphatic heterocycles. The van der Waals surface area contributed by atoms with Gasteiger partial charge in [-0.2, -0.15) is 18.2 Å². The molecule has 1 saturated carbocycles. The van der Waals surface area contributed by atoms with Crippen molar-refractivity contribution in [2.24, 2.45) is 10.7 Å². The van der Waals surface area contributed by atoms with Crippen molar-refractivity contribution in [3.8, 4) is 5.75 Å². The minimum atomic E-state index is -4.53. The number of carbonyl (C=O) groups is 1. The molecular weight excluding hydrogens is 538 g/mol. The summed E-state index contributed by atoms with van der Waals surface area (Å²) in [6.45, 7) is 0.259. The van der Waals surface area contributed by atoms with Gasteiger partial charge in [-0.3, -0.25) is 4.79 Å². The van der Waals surface area contributed by atoms with Crippen molar-refractivity contribution in [3.05, 3.63) is 113 Å². The van der Waals surface area contributed by atoms with Crippen LogP contribution >= 0.6 is 0 Å². The Bertz CT molecular complexity index is 1430. The number of benzene rings is 3. The van der Waals surface area contributed by atoms with Gasteiger partial charge in [-0.1, -0.05) is 43.2 Å². The van der Waals surface area contributed by atoms with Crippen LogP contribution in [0.15, 0.2) is 89.7 Å². The van der Waals surface area contributed by atoms with E-state index in [9.17, 15) is 22.4 Å². The van der Waals surface area contributed by atoms with Crippen LogP contribution in [0.1, 0.15) is 52.7 Å². The van der Waals surface area contributed by atoms with Crippen LogP contribution in [0, 0.1) is 11.2 Å². The third-order valence-corrected chi connectivity index (χ3v) is 6.41. The van der Waals surface area contributed by atoms with E-state index in [0.29, 0.717) is 5.75 Å². The summed E-state index contributed by atoms with van der Waals surface area (Å²) in [4.78, 5) is 16.7. The van der Waals surface area contributed by atoms with Crippen LogP contribution in [0.3, 0.4) is 0 Å². The largest absolute Gasteiger partial charge is 0.489 e. The molecule has 3 aromatic rings. The van der Waals surface area contributed by atoms with Gasteiger partial charge in [0.1, 0.15) is 24.0 Å². The zero-order valence-corrected chi connectivity index (χ0v) is 22.0. The second-order valence-corrected chi connectivity index (χ2v) is 9.52. The van der Waals surface area contributed by atoms with E-state index in [0.717, 1.165) is 55.5 Å². The normalized spacial score (nSPS) is 14.5. The second-order valence-electron chi connectivity index (χ2n) is 9.52. The number of guanidine groups is 1. The summed E-state index contributed by atoms with van der Waals surface area (Å²) in [5.41, 5.74) is 5.80. The third kappa shape index (κ3) is 8.41. The van der Waals surface area contributed by atoms with Gasteiger partial charge in [0.2, 0.25) is 5.96 Å². The molecular formula is C30H29F4N5O2. The highest BCUT2D eigenvalue weighted by Crippen LogP contribution is 2.29. The molecule has 0 atom stereocenters. The molecule has 0 saturated heterocycles. The van der Waals surface area contributed by atoms with Crippen LogP contribution in [-0.4, -0.2) is 23.6 Å². The molecule has 0 bridgehead atoms. The maximum absolute atomic E-state index is 14.8. The highest BCUT2D eigenvalue weighted by atomic mass is 19.4. The number of alkyl halides is 3. The molecule has 0 heterocycles. The number of amides is 1. The van der Waals surface area contributed by atoms with Gasteiger partial charge in [0.15, 0.2) is 0 Å². The number of halogens is 4. The van der Waals surface area contributed by atoms with Crippen LogP contribution < -0.4 is 21.1 Å². The standard InChI is InChI=1S/C30H29F4N5O2/c31-25-16-23(41-18-19-6-2-1-3-7-19)14-15-24(25)26(35)17-27(36)38-29(37-22-8-4-5-9-22)39-28(40)20-10-12-21(13-11-20)30(32,33)34/h1-3,6-7,10-17,22,35H,4-5,8-9,18,36H2,(H2,37,38,39,40)/b27-17+,35-26?. The number of hydrogen-bond acceptors (Lipinski definition) is 4. The number of hydrogen-bond donors (Lipinski definition) is 4. The number of rotatable bonds is 8. The Balaban J connectivity index is 1.46. The van der Waals surface area contributed by atoms with E-state index in [1.54, 1.807) is 6.07 Å². The number of nitrogens with zero attached hydrogens (tertiary/aromatic N) is 1. The van der Waals surface area contributed by atoms with Gasteiger partial charge in [-0.15, -0.1) is 0 Å². The highest BCUT2D eigenvalue weighted by Gasteiger charge is 2.30. The maximum atomic E-state index is 14.8. The first-order valence-corrected chi connectivity index (χ1v) is 12.9. The van der Waals surface area contributed by atoms with E-state index >= 15 is 0 Å². The summed E-state index contributed by atoms with van der Waals surface area (Å²) in [5, 5.41) is 14.2. The Morgan fingerprint density at radius 2 is 1.73 bits per heavy atom. The molecule has 1 aliphatic rings. The topological polar surface area (TPSA) is 113 Å². The van der Waals surface area contributed by atoms with Crippen molar-refractivity contribution in [2.75, 3.05) is 0 Å². The molecule has 0 spiro atoms. The molecule has 0 aromatic heterocycles. The predicted octanol–water partition coefficient (Wildman–Crippen LogP) is 5.91. The molecule has 214 valence electrons. The zero-order chi connectivity index (χ0) is 29.4. The van der Waals surface area contributed by atoms with Crippen molar-refractivity contribution in [2.45, 2.75) is 44.5 Å². The van der Waals surface area contributed by atoms with Crippen molar-refractivity contribution < 1.29 is 27.1 Å². The first kappa shape index (κ1) is 29.3. The molecule has 0 unspecified atom stereocenters. The predicted molar refractivity (Wildman–Crippen MR) is 148 cm³/mol. The number of nitrogens with two attached hydrogens (primary N) is 1. The van der Waals surface area contributed by atoms with Crippen LogP contribution in [0.25, 0.3) is 0 Å². The van der Waals surface area contributed by atoms with E-state index in [2.05, 4.69) is 15.6 Å². The second kappa shape index (κ2) is 13.1. The summed E-state index contributed by atoms with van der Waals surface area (Å²) >= 11 is 0. The van der Waals surface area contributed by atoms with Gasteiger partial charge in [0.05, 0.1) is 11.3 Å². The summed E-state index contributed by atoms with van der Waals surface area (Å²) in [5.74, 6) is -1.28. The molecule has 41 heavy (non-hydrogen) atoms. The quantitative estimate of drug-likeness (QED) is 0.154. The van der Waals surface area contributed by atoms with Gasteiger partial charge in [-0.25, -0.2) is 4.39 Å². The van der Waals surface area contributed by atoms with Crippen LogP contribution in [0.2, 0.25) is 0 Å². The Morgan fingerprint density at radius 1 is 1.05 bits per heavy atom. The van der Waals surface area contributed by atoms with E-state index in [1.807, 2.05) is 30.3 Å². The van der Waals surface area contributed by atoms with E-state index in [1.165, 1.54) is 18.2 Å². The lowest BCUT2D eigenvalue weighted by molar-refractivity contribution is -0.137. The van der Waals surface area contributed by atoms with E-state index in [4.69, 9.17) is 15.9 Å². The average molecular weight is 568 g/mol. The summed E-state index contributed by atoms with van der Waals surface area (Å²) < 4.78 is 59.1. The monoisotopic (exact) mass is 567 g/mol. The van der Waals surface area contributed by atoms with Gasteiger partial charge in [0, 0.05) is 29.3 Å². The lowest BCUT2D eigenvalue weighted by Gasteiger charge is -2.17. The molecule has 11 heteroatoms. The number of carbonyl (C=O) groups excluding carboxylic acids is 1.